The molecule has 4 aromatic rings. The molecule has 2 aromatic heterocycles. The maximum atomic E-state index is 5.73. The second kappa shape index (κ2) is 8.82. The second-order valence-corrected chi connectivity index (χ2v) is 8.11. The number of para-hydroxylation sites is 1. The van der Waals surface area contributed by atoms with Crippen LogP contribution >= 0.6 is 0 Å². The number of likely N-dealkylation sites (N-methyl/N-ethyl adjacent to an activating group) is 1. The van der Waals surface area contributed by atoms with Crippen molar-refractivity contribution in [3.05, 3.63) is 67.1 Å². The van der Waals surface area contributed by atoms with Crippen LogP contribution in [0, 0.1) is 0 Å². The van der Waals surface area contributed by atoms with Crippen molar-refractivity contribution < 1.29 is 9.47 Å². The van der Waals surface area contributed by atoms with Crippen molar-refractivity contribution >= 4 is 10.9 Å². The number of ether oxygens (including phenoxy) is 2. The van der Waals surface area contributed by atoms with Gasteiger partial charge in [-0.1, -0.05) is 24.3 Å². The third kappa shape index (κ3) is 4.14. The second-order valence-electron chi connectivity index (χ2n) is 8.11. The number of aromatic nitrogens is 2. The van der Waals surface area contributed by atoms with E-state index in [0.717, 1.165) is 45.8 Å². The summed E-state index contributed by atoms with van der Waals surface area (Å²) in [5.41, 5.74) is 5.54. The predicted octanol–water partition coefficient (Wildman–Crippen LogP) is 5.51. The number of methoxy groups -OCH3 is 2. The van der Waals surface area contributed by atoms with E-state index in [4.69, 9.17) is 9.47 Å². The fourth-order valence-electron chi connectivity index (χ4n) is 4.17. The molecule has 4 rings (SSSR count). The largest absolute Gasteiger partial charge is 0.497 e. The van der Waals surface area contributed by atoms with E-state index in [9.17, 15) is 0 Å². The fraction of sp³-hybridized carbons (Fsp3) is 0.269. The van der Waals surface area contributed by atoms with Crippen LogP contribution in [0.2, 0.25) is 0 Å². The van der Waals surface area contributed by atoms with Gasteiger partial charge in [-0.2, -0.15) is 0 Å². The molecule has 0 bridgehead atoms. The van der Waals surface area contributed by atoms with Gasteiger partial charge in [-0.25, -0.2) is 0 Å². The van der Waals surface area contributed by atoms with Crippen LogP contribution in [0.3, 0.4) is 0 Å². The lowest BCUT2D eigenvalue weighted by Crippen LogP contribution is -2.22. The number of nitrogens with zero attached hydrogens (tertiary/aromatic N) is 3. The average molecular weight is 416 g/mol. The Bertz CT molecular complexity index is 1180. The molecule has 0 aliphatic rings. The molecular weight excluding hydrogens is 386 g/mol. The zero-order valence-electron chi connectivity index (χ0n) is 18.8. The Hall–Kier alpha value is -3.31. The van der Waals surface area contributed by atoms with Gasteiger partial charge in [0.1, 0.15) is 11.5 Å². The van der Waals surface area contributed by atoms with Gasteiger partial charge >= 0.3 is 0 Å². The summed E-state index contributed by atoms with van der Waals surface area (Å²) in [7, 11) is 7.61. The highest BCUT2D eigenvalue weighted by Gasteiger charge is 2.18. The van der Waals surface area contributed by atoms with Gasteiger partial charge in [-0.05, 0) is 50.8 Å². The molecule has 1 atom stereocenters. The smallest absolute Gasteiger partial charge is 0.143 e. The van der Waals surface area contributed by atoms with Crippen molar-refractivity contribution in [2.24, 2.45) is 0 Å². The van der Waals surface area contributed by atoms with Gasteiger partial charge in [0, 0.05) is 53.3 Å². The van der Waals surface area contributed by atoms with E-state index < -0.39 is 0 Å². The molecule has 0 amide bonds. The molecule has 0 aliphatic carbocycles. The molecular formula is C26H29N3O2. The first-order chi connectivity index (χ1) is 15.0. The van der Waals surface area contributed by atoms with Crippen molar-refractivity contribution in [2.45, 2.75) is 13.0 Å². The molecule has 31 heavy (non-hydrogen) atoms. The van der Waals surface area contributed by atoms with Crippen LogP contribution < -0.4 is 9.47 Å². The maximum absolute atomic E-state index is 5.73. The monoisotopic (exact) mass is 415 g/mol. The minimum atomic E-state index is 0.292. The van der Waals surface area contributed by atoms with E-state index in [0.29, 0.717) is 6.04 Å². The van der Waals surface area contributed by atoms with Gasteiger partial charge in [0.25, 0.3) is 0 Å². The standard InChI is InChI=1S/C26H29N3O2/c1-18(16-28(2)3)29-17-24(23-7-6-8-25(31-5)26(23)29)21-13-20(14-27-15-21)19-9-11-22(30-4)12-10-19/h6-15,17-18H,16H2,1-5H3. The molecule has 5 nitrogen and oxygen atoms in total. The van der Waals surface area contributed by atoms with Crippen LogP contribution in [0.4, 0.5) is 0 Å². The van der Waals surface area contributed by atoms with Crippen molar-refractivity contribution in [2.75, 3.05) is 34.9 Å². The molecule has 0 spiro atoms. The Morgan fingerprint density at radius 3 is 2.35 bits per heavy atom. The molecule has 160 valence electrons. The quantitative estimate of drug-likeness (QED) is 0.399. The number of hydrogen-bond acceptors (Lipinski definition) is 4. The fourth-order valence-corrected chi connectivity index (χ4v) is 4.17. The van der Waals surface area contributed by atoms with Crippen molar-refractivity contribution in [3.8, 4) is 33.8 Å². The summed E-state index contributed by atoms with van der Waals surface area (Å²) in [5, 5.41) is 1.17. The lowest BCUT2D eigenvalue weighted by molar-refractivity contribution is 0.339. The van der Waals surface area contributed by atoms with Gasteiger partial charge in [0.15, 0.2) is 0 Å². The minimum Gasteiger partial charge on any atom is -0.497 e. The number of benzene rings is 2. The SMILES string of the molecule is COc1ccc(-c2cncc(-c3cn(C(C)CN(C)C)c4c(OC)cccc34)c2)cc1. The Balaban J connectivity index is 1.84. The molecule has 0 saturated carbocycles. The van der Waals surface area contributed by atoms with E-state index in [-0.39, 0.29) is 0 Å². The summed E-state index contributed by atoms with van der Waals surface area (Å²) >= 11 is 0. The van der Waals surface area contributed by atoms with E-state index in [1.54, 1.807) is 14.2 Å². The number of rotatable bonds is 7. The Labute approximate surface area is 183 Å². The molecule has 0 saturated heterocycles. The van der Waals surface area contributed by atoms with Gasteiger partial charge in [-0.3, -0.25) is 4.98 Å². The predicted molar refractivity (Wildman–Crippen MR) is 127 cm³/mol. The molecule has 1 unspecified atom stereocenters. The topological polar surface area (TPSA) is 39.5 Å². The van der Waals surface area contributed by atoms with Crippen LogP contribution in [0.5, 0.6) is 11.5 Å². The highest BCUT2D eigenvalue weighted by Crippen LogP contribution is 2.38. The first kappa shape index (κ1) is 20.9. The van der Waals surface area contributed by atoms with Gasteiger partial charge in [-0.15, -0.1) is 0 Å². The molecule has 2 heterocycles. The molecule has 0 fully saturated rings. The molecule has 0 aliphatic heterocycles. The summed E-state index contributed by atoms with van der Waals surface area (Å²) < 4.78 is 13.3. The van der Waals surface area contributed by atoms with Crippen LogP contribution in [0.15, 0.2) is 67.1 Å². The first-order valence-corrected chi connectivity index (χ1v) is 10.4. The summed E-state index contributed by atoms with van der Waals surface area (Å²) in [5.74, 6) is 1.73. The Morgan fingerprint density at radius 2 is 1.68 bits per heavy atom. The number of hydrogen-bond donors (Lipinski definition) is 0. The molecule has 0 radical (unpaired) electrons. The summed E-state index contributed by atoms with van der Waals surface area (Å²) in [4.78, 5) is 6.76. The van der Waals surface area contributed by atoms with E-state index in [2.05, 4.69) is 65.9 Å². The maximum Gasteiger partial charge on any atom is 0.143 e. The highest BCUT2D eigenvalue weighted by molar-refractivity contribution is 5.99. The zero-order valence-corrected chi connectivity index (χ0v) is 18.8. The lowest BCUT2D eigenvalue weighted by atomic mass is 10.0. The first-order valence-electron chi connectivity index (χ1n) is 10.4. The highest BCUT2D eigenvalue weighted by atomic mass is 16.5. The molecule has 0 N–H and O–H groups in total. The minimum absolute atomic E-state index is 0.292. The molecule has 5 heteroatoms. The number of fused-ring (bicyclic) bond motifs is 1. The van der Waals surface area contributed by atoms with Gasteiger partial charge in [0.05, 0.1) is 19.7 Å². The molecule has 2 aromatic carbocycles. The van der Waals surface area contributed by atoms with E-state index in [1.165, 1.54) is 5.39 Å². The van der Waals surface area contributed by atoms with Crippen LogP contribution in [0.25, 0.3) is 33.2 Å². The van der Waals surface area contributed by atoms with Gasteiger partial charge in [0.2, 0.25) is 0 Å². The summed E-state index contributed by atoms with van der Waals surface area (Å²) in [6.45, 7) is 3.17. The summed E-state index contributed by atoms with van der Waals surface area (Å²) in [6.07, 6.45) is 6.07. The van der Waals surface area contributed by atoms with Crippen molar-refractivity contribution in [1.82, 2.24) is 14.5 Å². The lowest BCUT2D eigenvalue weighted by Gasteiger charge is -2.20. The van der Waals surface area contributed by atoms with Gasteiger partial charge < -0.3 is 18.9 Å². The summed E-state index contributed by atoms with van der Waals surface area (Å²) in [6, 6.07) is 16.8. The number of pyridine rings is 1. The van der Waals surface area contributed by atoms with Crippen molar-refractivity contribution in [3.63, 3.8) is 0 Å². The van der Waals surface area contributed by atoms with Crippen molar-refractivity contribution in [1.29, 1.82) is 0 Å². The Morgan fingerprint density at radius 1 is 0.935 bits per heavy atom. The Kier molecular flexibility index (Phi) is 5.96. The third-order valence-electron chi connectivity index (χ3n) is 5.61. The third-order valence-corrected chi connectivity index (χ3v) is 5.61. The van der Waals surface area contributed by atoms with Crippen LogP contribution in [-0.4, -0.2) is 49.3 Å². The zero-order chi connectivity index (χ0) is 22.0. The van der Waals surface area contributed by atoms with Crippen LogP contribution in [0.1, 0.15) is 13.0 Å². The average Bonchev–Trinajstić information content (AvgIpc) is 3.19. The van der Waals surface area contributed by atoms with Crippen LogP contribution in [-0.2, 0) is 0 Å². The van der Waals surface area contributed by atoms with E-state index >= 15 is 0 Å². The normalized spacial score (nSPS) is 12.3. The van der Waals surface area contributed by atoms with E-state index in [1.807, 2.05) is 36.7 Å².